The quantitative estimate of drug-likeness (QED) is 0.758. The second-order valence-electron chi connectivity index (χ2n) is 5.28. The number of hydrogen-bond acceptors (Lipinski definition) is 3. The van der Waals surface area contributed by atoms with E-state index in [-0.39, 0.29) is 11.3 Å². The Bertz CT molecular complexity index is 561. The lowest BCUT2D eigenvalue weighted by Gasteiger charge is -2.14. The van der Waals surface area contributed by atoms with Gasteiger partial charge in [0.05, 0.1) is 11.8 Å². The van der Waals surface area contributed by atoms with Crippen molar-refractivity contribution in [2.24, 2.45) is 0 Å². The lowest BCUT2D eigenvalue weighted by atomic mass is 9.92. The van der Waals surface area contributed by atoms with Crippen molar-refractivity contribution in [3.63, 3.8) is 0 Å². The number of aromatic nitrogens is 4. The van der Waals surface area contributed by atoms with Crippen LogP contribution in [-0.2, 0) is 5.41 Å². The topological polar surface area (TPSA) is 86.5 Å². The van der Waals surface area contributed by atoms with Crippen molar-refractivity contribution < 1.29 is 4.79 Å². The van der Waals surface area contributed by atoms with Gasteiger partial charge in [-0.05, 0) is 6.92 Å². The van der Waals surface area contributed by atoms with Crippen molar-refractivity contribution in [1.29, 1.82) is 0 Å². The monoisotopic (exact) mass is 247 g/mol. The minimum Gasteiger partial charge on any atom is -0.305 e. The molecule has 6 heteroatoms. The third-order valence-electron chi connectivity index (χ3n) is 2.70. The Morgan fingerprint density at radius 1 is 1.33 bits per heavy atom. The summed E-state index contributed by atoms with van der Waals surface area (Å²) in [5.41, 5.74) is 2.21. The SMILES string of the molecule is Cc1[nH]ncc1C(=O)Nc1cc(C(C)(C)C)[nH]n1. The molecule has 3 N–H and O–H groups in total. The van der Waals surface area contributed by atoms with Crippen LogP contribution in [0, 0.1) is 6.92 Å². The maximum absolute atomic E-state index is 11.9. The van der Waals surface area contributed by atoms with Gasteiger partial charge in [-0.3, -0.25) is 15.0 Å². The molecule has 0 saturated carbocycles. The van der Waals surface area contributed by atoms with E-state index in [0.29, 0.717) is 11.4 Å². The van der Waals surface area contributed by atoms with Gasteiger partial charge in [-0.15, -0.1) is 0 Å². The fourth-order valence-corrected chi connectivity index (χ4v) is 1.53. The van der Waals surface area contributed by atoms with E-state index < -0.39 is 0 Å². The molecule has 0 aliphatic rings. The van der Waals surface area contributed by atoms with E-state index in [9.17, 15) is 4.79 Å². The van der Waals surface area contributed by atoms with Crippen LogP contribution in [0.25, 0.3) is 0 Å². The fraction of sp³-hybridized carbons (Fsp3) is 0.417. The number of amides is 1. The molecule has 0 unspecified atom stereocenters. The predicted molar refractivity (Wildman–Crippen MR) is 68.6 cm³/mol. The van der Waals surface area contributed by atoms with Gasteiger partial charge in [-0.2, -0.15) is 10.2 Å². The molecule has 2 aromatic rings. The van der Waals surface area contributed by atoms with Crippen molar-refractivity contribution in [1.82, 2.24) is 20.4 Å². The first-order chi connectivity index (χ1) is 8.38. The van der Waals surface area contributed by atoms with E-state index >= 15 is 0 Å². The first-order valence-electron chi connectivity index (χ1n) is 5.75. The molecule has 6 nitrogen and oxygen atoms in total. The smallest absolute Gasteiger partial charge is 0.260 e. The molecule has 1 amide bonds. The molecule has 0 aromatic carbocycles. The highest BCUT2D eigenvalue weighted by molar-refractivity contribution is 6.04. The Morgan fingerprint density at radius 2 is 2.06 bits per heavy atom. The van der Waals surface area contributed by atoms with Gasteiger partial charge in [0.15, 0.2) is 5.82 Å². The maximum atomic E-state index is 11.9. The zero-order valence-electron chi connectivity index (χ0n) is 11.0. The zero-order chi connectivity index (χ0) is 13.3. The van der Waals surface area contributed by atoms with Crippen LogP contribution in [0.4, 0.5) is 5.82 Å². The Morgan fingerprint density at radius 3 is 2.56 bits per heavy atom. The number of aromatic amines is 2. The lowest BCUT2D eigenvalue weighted by Crippen LogP contribution is -2.13. The number of nitrogens with one attached hydrogen (secondary N) is 3. The van der Waals surface area contributed by atoms with Crippen molar-refractivity contribution in [3.05, 3.63) is 29.2 Å². The summed E-state index contributed by atoms with van der Waals surface area (Å²) < 4.78 is 0. The summed E-state index contributed by atoms with van der Waals surface area (Å²) in [7, 11) is 0. The molecule has 96 valence electrons. The summed E-state index contributed by atoms with van der Waals surface area (Å²) >= 11 is 0. The minimum absolute atomic E-state index is 0.0263. The Labute approximate surface area is 105 Å². The highest BCUT2D eigenvalue weighted by Gasteiger charge is 2.18. The maximum Gasteiger partial charge on any atom is 0.260 e. The van der Waals surface area contributed by atoms with Gasteiger partial charge in [-0.1, -0.05) is 20.8 Å². The second kappa shape index (κ2) is 4.29. The van der Waals surface area contributed by atoms with Crippen molar-refractivity contribution >= 4 is 11.7 Å². The summed E-state index contributed by atoms with van der Waals surface area (Å²) in [6.07, 6.45) is 1.50. The average molecular weight is 247 g/mol. The number of H-pyrrole nitrogens is 2. The number of aryl methyl sites for hydroxylation is 1. The van der Waals surface area contributed by atoms with Crippen LogP contribution < -0.4 is 5.32 Å². The molecule has 2 heterocycles. The van der Waals surface area contributed by atoms with Crippen LogP contribution in [0.5, 0.6) is 0 Å². The summed E-state index contributed by atoms with van der Waals surface area (Å²) in [5, 5.41) is 16.3. The minimum atomic E-state index is -0.215. The van der Waals surface area contributed by atoms with Crippen molar-refractivity contribution in [2.45, 2.75) is 33.1 Å². The van der Waals surface area contributed by atoms with E-state index in [0.717, 1.165) is 11.4 Å². The van der Waals surface area contributed by atoms with Crippen LogP contribution in [0.3, 0.4) is 0 Å². The largest absolute Gasteiger partial charge is 0.305 e. The van der Waals surface area contributed by atoms with E-state index in [4.69, 9.17) is 0 Å². The highest BCUT2D eigenvalue weighted by atomic mass is 16.1. The van der Waals surface area contributed by atoms with Crippen molar-refractivity contribution in [3.8, 4) is 0 Å². The first-order valence-corrected chi connectivity index (χ1v) is 5.75. The third-order valence-corrected chi connectivity index (χ3v) is 2.70. The van der Waals surface area contributed by atoms with Crippen LogP contribution in [0.15, 0.2) is 12.3 Å². The number of anilines is 1. The Hall–Kier alpha value is -2.11. The van der Waals surface area contributed by atoms with E-state index in [1.807, 2.05) is 6.07 Å². The molecule has 0 spiro atoms. The number of nitrogens with zero attached hydrogens (tertiary/aromatic N) is 2. The van der Waals surface area contributed by atoms with Gasteiger partial charge in [0.1, 0.15) is 0 Å². The first kappa shape index (κ1) is 12.3. The van der Waals surface area contributed by atoms with Crippen LogP contribution in [0.2, 0.25) is 0 Å². The van der Waals surface area contributed by atoms with Crippen LogP contribution in [-0.4, -0.2) is 26.3 Å². The highest BCUT2D eigenvalue weighted by Crippen LogP contribution is 2.22. The van der Waals surface area contributed by atoms with Gasteiger partial charge >= 0.3 is 0 Å². The molecule has 0 aliphatic heterocycles. The predicted octanol–water partition coefficient (Wildman–Crippen LogP) is 1.99. The third kappa shape index (κ3) is 2.42. The summed E-state index contributed by atoms with van der Waals surface area (Å²) in [4.78, 5) is 11.9. The van der Waals surface area contributed by atoms with Gasteiger partial charge < -0.3 is 5.32 Å². The van der Waals surface area contributed by atoms with E-state index in [1.54, 1.807) is 6.92 Å². The summed E-state index contributed by atoms with van der Waals surface area (Å²) in [6, 6.07) is 1.84. The Balaban J connectivity index is 2.13. The molecule has 0 aliphatic carbocycles. The van der Waals surface area contributed by atoms with Gasteiger partial charge in [0, 0.05) is 22.9 Å². The molecule has 18 heavy (non-hydrogen) atoms. The molecular weight excluding hydrogens is 230 g/mol. The average Bonchev–Trinajstić information content (AvgIpc) is 2.85. The molecule has 0 saturated heterocycles. The molecule has 0 radical (unpaired) electrons. The van der Waals surface area contributed by atoms with Gasteiger partial charge in [0.2, 0.25) is 0 Å². The number of rotatable bonds is 2. The lowest BCUT2D eigenvalue weighted by molar-refractivity contribution is 0.102. The zero-order valence-corrected chi connectivity index (χ0v) is 11.0. The van der Waals surface area contributed by atoms with Gasteiger partial charge in [0.25, 0.3) is 5.91 Å². The molecule has 0 bridgehead atoms. The summed E-state index contributed by atoms with van der Waals surface area (Å²) in [5.74, 6) is 0.304. The van der Waals surface area contributed by atoms with Gasteiger partial charge in [-0.25, -0.2) is 0 Å². The number of hydrogen-bond donors (Lipinski definition) is 3. The van der Waals surface area contributed by atoms with Crippen LogP contribution >= 0.6 is 0 Å². The Kier molecular flexibility index (Phi) is 2.94. The fourth-order valence-electron chi connectivity index (χ4n) is 1.53. The number of carbonyl (C=O) groups excluding carboxylic acids is 1. The van der Waals surface area contributed by atoms with E-state index in [1.165, 1.54) is 6.20 Å². The normalized spacial score (nSPS) is 11.6. The van der Waals surface area contributed by atoms with Crippen molar-refractivity contribution in [2.75, 3.05) is 5.32 Å². The van der Waals surface area contributed by atoms with E-state index in [2.05, 4.69) is 46.5 Å². The molecule has 0 fully saturated rings. The summed E-state index contributed by atoms with van der Waals surface area (Å²) in [6.45, 7) is 8.03. The molecule has 2 aromatic heterocycles. The molecule has 0 atom stereocenters. The number of carbonyl (C=O) groups is 1. The molecular formula is C12H17N5O. The van der Waals surface area contributed by atoms with Crippen LogP contribution in [0.1, 0.15) is 42.5 Å². The second-order valence-corrected chi connectivity index (χ2v) is 5.28. The molecule has 2 rings (SSSR count). The standard InChI is InChI=1S/C12H17N5O/c1-7-8(6-13-15-7)11(18)14-10-5-9(16-17-10)12(2,3)4/h5-6H,1-4H3,(H,13,15)(H2,14,16,17,18).